The zero-order chi connectivity index (χ0) is 27.4. The summed E-state index contributed by atoms with van der Waals surface area (Å²) in [5, 5.41) is 3.83. The molecule has 1 aromatic heterocycles. The third-order valence-electron chi connectivity index (χ3n) is 6.13. The van der Waals surface area contributed by atoms with Gasteiger partial charge in [-0.3, -0.25) is 4.79 Å². The summed E-state index contributed by atoms with van der Waals surface area (Å²) in [6, 6.07) is 23.1. The number of aromatic nitrogens is 1. The number of hydrogen-bond donors (Lipinski definition) is 1. The van der Waals surface area contributed by atoms with Crippen LogP contribution in [0.25, 0.3) is 5.69 Å². The van der Waals surface area contributed by atoms with Gasteiger partial charge >= 0.3 is 0 Å². The Morgan fingerprint density at radius 2 is 1.68 bits per heavy atom. The van der Waals surface area contributed by atoms with Crippen LogP contribution in [0, 0.1) is 6.92 Å². The van der Waals surface area contributed by atoms with Crippen LogP contribution in [0.5, 0.6) is 0 Å². The number of sulfone groups is 1. The van der Waals surface area contributed by atoms with E-state index in [4.69, 9.17) is 27.9 Å². The summed E-state index contributed by atoms with van der Waals surface area (Å²) in [5.41, 5.74) is 4.28. The predicted octanol–water partition coefficient (Wildman–Crippen LogP) is 6.90. The van der Waals surface area contributed by atoms with E-state index in [1.165, 1.54) is 12.1 Å². The zero-order valence-electron chi connectivity index (χ0n) is 21.2. The van der Waals surface area contributed by atoms with E-state index in [0.717, 1.165) is 17.5 Å². The standard InChI is InChI=1S/C29H28Cl2N2O4S/c1-19(37-18-21-7-5-4-6-8-21)15-24-17-26(20(2)33(24)28-14-9-22(30)16-27(28)31)29(34)32-23-10-12-25(13-11-23)38(3,35)36/h4-14,16-17,19H,15,18H2,1-3H3,(H,32,34)/t19-/m0/s1. The van der Waals surface area contributed by atoms with Gasteiger partial charge in [-0.1, -0.05) is 53.5 Å². The molecule has 0 aliphatic carbocycles. The highest BCUT2D eigenvalue weighted by Gasteiger charge is 2.22. The van der Waals surface area contributed by atoms with Gasteiger partial charge in [-0.15, -0.1) is 0 Å². The first-order valence-corrected chi connectivity index (χ1v) is 14.6. The number of carbonyl (C=O) groups excluding carboxylic acids is 1. The molecule has 1 heterocycles. The topological polar surface area (TPSA) is 77.4 Å². The molecule has 0 aliphatic rings. The summed E-state index contributed by atoms with van der Waals surface area (Å²) in [4.78, 5) is 13.5. The van der Waals surface area contributed by atoms with Crippen molar-refractivity contribution in [2.45, 2.75) is 37.9 Å². The lowest BCUT2D eigenvalue weighted by Crippen LogP contribution is -2.15. The zero-order valence-corrected chi connectivity index (χ0v) is 23.6. The number of carbonyl (C=O) groups is 1. The minimum absolute atomic E-state index is 0.145. The van der Waals surface area contributed by atoms with Crippen molar-refractivity contribution in [3.8, 4) is 5.69 Å². The van der Waals surface area contributed by atoms with Crippen molar-refractivity contribution in [2.75, 3.05) is 11.6 Å². The number of hydrogen-bond acceptors (Lipinski definition) is 4. The number of nitrogens with zero attached hydrogens (tertiary/aromatic N) is 1. The molecule has 38 heavy (non-hydrogen) atoms. The summed E-state index contributed by atoms with van der Waals surface area (Å²) in [7, 11) is -3.33. The van der Waals surface area contributed by atoms with Crippen LogP contribution in [0.4, 0.5) is 5.69 Å². The van der Waals surface area contributed by atoms with Gasteiger partial charge in [-0.2, -0.15) is 0 Å². The quantitative estimate of drug-likeness (QED) is 0.237. The molecule has 1 amide bonds. The Morgan fingerprint density at radius 1 is 1.00 bits per heavy atom. The Balaban J connectivity index is 1.63. The molecular weight excluding hydrogens is 543 g/mol. The molecule has 0 spiro atoms. The lowest BCUT2D eigenvalue weighted by atomic mass is 10.1. The minimum atomic E-state index is -3.33. The Hall–Kier alpha value is -3.10. The number of rotatable bonds is 9. The first-order chi connectivity index (χ1) is 18.0. The number of anilines is 1. The highest BCUT2D eigenvalue weighted by Crippen LogP contribution is 2.30. The molecule has 3 aromatic carbocycles. The molecule has 0 aliphatic heterocycles. The average Bonchev–Trinajstić information content (AvgIpc) is 3.18. The second-order valence-electron chi connectivity index (χ2n) is 9.13. The van der Waals surface area contributed by atoms with E-state index in [1.807, 2.05) is 60.9 Å². The molecule has 4 rings (SSSR count). The third kappa shape index (κ3) is 6.66. The van der Waals surface area contributed by atoms with E-state index in [9.17, 15) is 13.2 Å². The van der Waals surface area contributed by atoms with Gasteiger partial charge in [0.2, 0.25) is 0 Å². The van der Waals surface area contributed by atoms with Gasteiger partial charge in [0.1, 0.15) is 0 Å². The van der Waals surface area contributed by atoms with Crippen molar-refractivity contribution in [3.63, 3.8) is 0 Å². The molecule has 0 bridgehead atoms. The molecule has 6 nitrogen and oxygen atoms in total. The van der Waals surface area contributed by atoms with Gasteiger partial charge in [-0.25, -0.2) is 8.42 Å². The normalized spacial score (nSPS) is 12.3. The Kier molecular flexibility index (Phi) is 8.63. The van der Waals surface area contributed by atoms with Gasteiger partial charge in [0.05, 0.1) is 33.9 Å². The number of amides is 1. The molecule has 0 saturated carbocycles. The van der Waals surface area contributed by atoms with E-state index >= 15 is 0 Å². The monoisotopic (exact) mass is 570 g/mol. The molecule has 1 atom stereocenters. The molecule has 0 saturated heterocycles. The van der Waals surface area contributed by atoms with E-state index in [2.05, 4.69) is 5.32 Å². The summed E-state index contributed by atoms with van der Waals surface area (Å²) in [6.45, 7) is 4.31. The number of benzene rings is 3. The lowest BCUT2D eigenvalue weighted by molar-refractivity contribution is 0.0527. The summed E-state index contributed by atoms with van der Waals surface area (Å²) >= 11 is 12.7. The smallest absolute Gasteiger partial charge is 0.257 e. The van der Waals surface area contributed by atoms with Gasteiger partial charge in [0, 0.05) is 34.8 Å². The van der Waals surface area contributed by atoms with Crippen LogP contribution in [0.15, 0.2) is 83.8 Å². The van der Waals surface area contributed by atoms with Crippen molar-refractivity contribution in [1.82, 2.24) is 4.57 Å². The van der Waals surface area contributed by atoms with Crippen molar-refractivity contribution in [1.29, 1.82) is 0 Å². The maximum atomic E-state index is 13.3. The van der Waals surface area contributed by atoms with Crippen LogP contribution >= 0.6 is 23.2 Å². The second kappa shape index (κ2) is 11.7. The second-order valence-corrected chi connectivity index (χ2v) is 12.0. The lowest BCUT2D eigenvalue weighted by Gasteiger charge is -2.17. The fourth-order valence-electron chi connectivity index (χ4n) is 4.20. The fraction of sp³-hybridized carbons (Fsp3) is 0.207. The van der Waals surface area contributed by atoms with Crippen LogP contribution in [0.3, 0.4) is 0 Å². The van der Waals surface area contributed by atoms with E-state index in [1.54, 1.807) is 24.3 Å². The largest absolute Gasteiger partial charge is 0.373 e. The third-order valence-corrected chi connectivity index (χ3v) is 7.80. The van der Waals surface area contributed by atoms with E-state index in [0.29, 0.717) is 45.7 Å². The van der Waals surface area contributed by atoms with Crippen molar-refractivity contribution >= 4 is 44.6 Å². The van der Waals surface area contributed by atoms with Crippen LogP contribution in [0.2, 0.25) is 10.0 Å². The van der Waals surface area contributed by atoms with Gasteiger partial charge in [0.15, 0.2) is 9.84 Å². The van der Waals surface area contributed by atoms with Crippen LogP contribution in [0.1, 0.15) is 34.2 Å². The predicted molar refractivity (Wildman–Crippen MR) is 152 cm³/mol. The van der Waals surface area contributed by atoms with Crippen molar-refractivity contribution in [2.24, 2.45) is 0 Å². The summed E-state index contributed by atoms with van der Waals surface area (Å²) in [6.07, 6.45) is 1.53. The Morgan fingerprint density at radius 3 is 2.32 bits per heavy atom. The van der Waals surface area contributed by atoms with Crippen LogP contribution < -0.4 is 5.32 Å². The maximum Gasteiger partial charge on any atom is 0.257 e. The molecule has 1 N–H and O–H groups in total. The highest BCUT2D eigenvalue weighted by atomic mass is 35.5. The van der Waals surface area contributed by atoms with E-state index < -0.39 is 9.84 Å². The molecule has 9 heteroatoms. The molecule has 0 radical (unpaired) electrons. The number of halogens is 2. The first-order valence-electron chi connectivity index (χ1n) is 12.0. The van der Waals surface area contributed by atoms with Crippen molar-refractivity contribution in [3.05, 3.63) is 111 Å². The molecule has 0 fully saturated rings. The maximum absolute atomic E-state index is 13.3. The molecule has 0 unspecified atom stereocenters. The summed E-state index contributed by atoms with van der Waals surface area (Å²) in [5.74, 6) is -0.322. The number of ether oxygens (including phenoxy) is 1. The van der Waals surface area contributed by atoms with Gasteiger partial charge in [-0.05, 0) is 67.9 Å². The Labute approximate surface area is 233 Å². The fourth-order valence-corrected chi connectivity index (χ4v) is 5.32. The van der Waals surface area contributed by atoms with Gasteiger partial charge < -0.3 is 14.6 Å². The molecule has 198 valence electrons. The number of nitrogens with one attached hydrogen (secondary N) is 1. The van der Waals surface area contributed by atoms with Crippen LogP contribution in [-0.4, -0.2) is 31.3 Å². The SMILES string of the molecule is Cc1c(C(=O)Nc2ccc(S(C)(=O)=O)cc2)cc(C[C@H](C)OCc2ccccc2)n1-c1ccc(Cl)cc1Cl. The van der Waals surface area contributed by atoms with Crippen LogP contribution in [-0.2, 0) is 27.6 Å². The first kappa shape index (κ1) is 27.9. The molecular formula is C29H28Cl2N2O4S. The van der Waals surface area contributed by atoms with Gasteiger partial charge in [0.25, 0.3) is 5.91 Å². The minimum Gasteiger partial charge on any atom is -0.373 e. The highest BCUT2D eigenvalue weighted by molar-refractivity contribution is 7.90. The Bertz CT molecular complexity index is 1550. The molecule has 4 aromatic rings. The van der Waals surface area contributed by atoms with Crippen molar-refractivity contribution < 1.29 is 17.9 Å². The average molecular weight is 572 g/mol. The van der Waals surface area contributed by atoms with E-state index in [-0.39, 0.29) is 16.9 Å². The summed E-state index contributed by atoms with van der Waals surface area (Å²) < 4.78 is 31.5.